The number of benzene rings is 2. The fraction of sp³-hybridized carbons (Fsp3) is 0.462. The third kappa shape index (κ3) is 5.76. The first-order valence-electron chi connectivity index (χ1n) is 11.8. The van der Waals surface area contributed by atoms with Crippen molar-refractivity contribution in [1.29, 1.82) is 0 Å². The molecule has 4 rings (SSSR count). The number of methoxy groups -OCH3 is 1. The molecule has 2 aromatic carbocycles. The fourth-order valence-electron chi connectivity index (χ4n) is 4.61. The molecule has 0 spiro atoms. The van der Waals surface area contributed by atoms with Gasteiger partial charge in [-0.25, -0.2) is 0 Å². The second-order valence-electron chi connectivity index (χ2n) is 8.70. The van der Waals surface area contributed by atoms with Crippen LogP contribution in [-0.4, -0.2) is 55.0 Å². The van der Waals surface area contributed by atoms with E-state index >= 15 is 0 Å². The second-order valence-corrected chi connectivity index (χ2v) is 8.97. The molecule has 1 heterocycles. The number of ether oxygens (including phenoxy) is 3. The van der Waals surface area contributed by atoms with Crippen LogP contribution in [0.25, 0.3) is 0 Å². The SMILES string of the molecule is COc1cccc([C@H](C(=O)NC2CCCCC2)N(C[C@H]2COc3ccccc3O2)C(=O)CCl)c1. The van der Waals surface area contributed by atoms with E-state index < -0.39 is 12.1 Å². The zero-order valence-corrected chi connectivity index (χ0v) is 20.1. The Morgan fingerprint density at radius 3 is 2.62 bits per heavy atom. The third-order valence-corrected chi connectivity index (χ3v) is 6.55. The summed E-state index contributed by atoms with van der Waals surface area (Å²) in [4.78, 5) is 28.2. The Bertz CT molecular complexity index is 995. The first kappa shape index (κ1) is 24.2. The van der Waals surface area contributed by atoms with Crippen molar-refractivity contribution in [2.24, 2.45) is 0 Å². The highest BCUT2D eigenvalue weighted by Gasteiger charge is 2.35. The lowest BCUT2D eigenvalue weighted by atomic mass is 9.94. The summed E-state index contributed by atoms with van der Waals surface area (Å²) in [5.41, 5.74) is 0.656. The monoisotopic (exact) mass is 486 g/mol. The lowest BCUT2D eigenvalue weighted by Gasteiger charge is -2.36. The molecule has 1 aliphatic heterocycles. The van der Waals surface area contributed by atoms with Gasteiger partial charge >= 0.3 is 0 Å². The summed E-state index contributed by atoms with van der Waals surface area (Å²) in [6.45, 7) is 0.415. The summed E-state index contributed by atoms with van der Waals surface area (Å²) in [5, 5.41) is 3.18. The van der Waals surface area contributed by atoms with Crippen LogP contribution in [0.5, 0.6) is 17.2 Å². The molecule has 1 N–H and O–H groups in total. The highest BCUT2D eigenvalue weighted by Crippen LogP contribution is 2.33. The van der Waals surface area contributed by atoms with Gasteiger partial charge in [0.15, 0.2) is 17.6 Å². The maximum atomic E-state index is 13.7. The van der Waals surface area contributed by atoms with Gasteiger partial charge in [-0.1, -0.05) is 43.5 Å². The number of hydrogen-bond donors (Lipinski definition) is 1. The number of halogens is 1. The predicted octanol–water partition coefficient (Wildman–Crippen LogP) is 4.09. The first-order chi connectivity index (χ1) is 16.6. The van der Waals surface area contributed by atoms with Gasteiger partial charge < -0.3 is 24.4 Å². The minimum Gasteiger partial charge on any atom is -0.497 e. The third-order valence-electron chi connectivity index (χ3n) is 6.32. The molecule has 1 fully saturated rings. The van der Waals surface area contributed by atoms with Crippen molar-refractivity contribution >= 4 is 23.4 Å². The summed E-state index contributed by atoms with van der Waals surface area (Å²) >= 11 is 6.01. The molecular weight excluding hydrogens is 456 g/mol. The average molecular weight is 487 g/mol. The van der Waals surface area contributed by atoms with E-state index in [9.17, 15) is 9.59 Å². The van der Waals surface area contributed by atoms with E-state index in [1.807, 2.05) is 42.5 Å². The molecule has 0 saturated heterocycles. The van der Waals surface area contributed by atoms with Gasteiger partial charge in [-0.15, -0.1) is 11.6 Å². The fourth-order valence-corrected chi connectivity index (χ4v) is 4.77. The molecule has 7 nitrogen and oxygen atoms in total. The number of para-hydroxylation sites is 2. The van der Waals surface area contributed by atoms with Gasteiger partial charge in [0.1, 0.15) is 24.3 Å². The summed E-state index contributed by atoms with van der Waals surface area (Å²) in [7, 11) is 1.57. The second kappa shape index (κ2) is 11.5. The van der Waals surface area contributed by atoms with Crippen molar-refractivity contribution in [2.45, 2.75) is 50.3 Å². The van der Waals surface area contributed by atoms with Crippen LogP contribution in [0.2, 0.25) is 0 Å². The lowest BCUT2D eigenvalue weighted by Crippen LogP contribution is -2.51. The zero-order chi connectivity index (χ0) is 23.9. The standard InChI is InChI=1S/C26H31ClN2O5/c1-32-20-11-7-8-18(14-20)25(26(31)28-19-9-3-2-4-10-19)29(24(30)15-27)16-21-17-33-22-12-5-6-13-23(22)34-21/h5-8,11-14,19,21,25H,2-4,9-10,15-17H2,1H3,(H,28,31)/t21-,25+/m0/s1. The minimum atomic E-state index is -0.871. The van der Waals surface area contributed by atoms with Gasteiger partial charge in [0.05, 0.1) is 13.7 Å². The normalized spacial score (nSPS) is 18.6. The van der Waals surface area contributed by atoms with Crippen molar-refractivity contribution in [3.8, 4) is 17.2 Å². The van der Waals surface area contributed by atoms with E-state index in [0.717, 1.165) is 25.7 Å². The molecule has 2 aliphatic rings. The number of nitrogens with one attached hydrogen (secondary N) is 1. The van der Waals surface area contributed by atoms with E-state index in [-0.39, 0.29) is 36.9 Å². The molecule has 1 saturated carbocycles. The summed E-state index contributed by atoms with van der Waals surface area (Å²) in [6.07, 6.45) is 4.80. The lowest BCUT2D eigenvalue weighted by molar-refractivity contribution is -0.141. The van der Waals surface area contributed by atoms with Crippen molar-refractivity contribution in [3.63, 3.8) is 0 Å². The number of nitrogens with zero attached hydrogens (tertiary/aromatic N) is 1. The van der Waals surface area contributed by atoms with Gasteiger partial charge in [-0.3, -0.25) is 9.59 Å². The number of carbonyl (C=O) groups is 2. The van der Waals surface area contributed by atoms with Crippen molar-refractivity contribution in [3.05, 3.63) is 54.1 Å². The molecule has 8 heteroatoms. The van der Waals surface area contributed by atoms with Crippen molar-refractivity contribution in [1.82, 2.24) is 10.2 Å². The topological polar surface area (TPSA) is 77.1 Å². The molecule has 1 aliphatic carbocycles. The van der Waals surface area contributed by atoms with E-state index in [0.29, 0.717) is 22.8 Å². The summed E-state index contributed by atoms with van der Waals surface area (Å²) in [6, 6.07) is 13.9. The molecule has 34 heavy (non-hydrogen) atoms. The quantitative estimate of drug-likeness (QED) is 0.569. The Labute approximate surface area is 205 Å². The number of amides is 2. The smallest absolute Gasteiger partial charge is 0.247 e. The maximum absolute atomic E-state index is 13.7. The van der Waals surface area contributed by atoms with E-state index in [1.54, 1.807) is 13.2 Å². The van der Waals surface area contributed by atoms with Crippen LogP contribution in [0.15, 0.2) is 48.5 Å². The van der Waals surface area contributed by atoms with Crippen LogP contribution in [0, 0.1) is 0 Å². The Kier molecular flexibility index (Phi) is 8.16. The van der Waals surface area contributed by atoms with Crippen LogP contribution in [0.4, 0.5) is 0 Å². The molecule has 0 radical (unpaired) electrons. The molecule has 0 aromatic heterocycles. The average Bonchev–Trinajstić information content (AvgIpc) is 2.88. The number of carbonyl (C=O) groups excluding carboxylic acids is 2. The van der Waals surface area contributed by atoms with E-state index in [1.165, 1.54) is 11.3 Å². The van der Waals surface area contributed by atoms with Crippen molar-refractivity contribution in [2.75, 3.05) is 26.1 Å². The Morgan fingerprint density at radius 1 is 1.12 bits per heavy atom. The van der Waals surface area contributed by atoms with Crippen LogP contribution >= 0.6 is 11.6 Å². The van der Waals surface area contributed by atoms with Gasteiger partial charge in [0, 0.05) is 6.04 Å². The number of hydrogen-bond acceptors (Lipinski definition) is 5. The van der Waals surface area contributed by atoms with Gasteiger partial charge in [-0.05, 0) is 42.7 Å². The first-order valence-corrected chi connectivity index (χ1v) is 12.3. The molecule has 0 unspecified atom stereocenters. The molecule has 2 amide bonds. The molecule has 182 valence electrons. The molecule has 2 atom stereocenters. The molecular formula is C26H31ClN2O5. The van der Waals surface area contributed by atoms with Crippen LogP contribution in [-0.2, 0) is 9.59 Å². The summed E-state index contributed by atoms with van der Waals surface area (Å²) in [5.74, 6) is 1.06. The van der Waals surface area contributed by atoms with E-state index in [2.05, 4.69) is 5.32 Å². The number of fused-ring (bicyclic) bond motifs is 1. The predicted molar refractivity (Wildman–Crippen MR) is 130 cm³/mol. The van der Waals surface area contributed by atoms with Gasteiger partial charge in [0.2, 0.25) is 11.8 Å². The van der Waals surface area contributed by atoms with Crippen molar-refractivity contribution < 1.29 is 23.8 Å². The van der Waals surface area contributed by atoms with Crippen LogP contribution < -0.4 is 19.5 Å². The zero-order valence-electron chi connectivity index (χ0n) is 19.4. The number of alkyl halides is 1. The van der Waals surface area contributed by atoms with Crippen LogP contribution in [0.3, 0.4) is 0 Å². The molecule has 0 bridgehead atoms. The van der Waals surface area contributed by atoms with Gasteiger partial charge in [-0.2, -0.15) is 0 Å². The summed E-state index contributed by atoms with van der Waals surface area (Å²) < 4.78 is 17.3. The largest absolute Gasteiger partial charge is 0.497 e. The highest BCUT2D eigenvalue weighted by atomic mass is 35.5. The highest BCUT2D eigenvalue weighted by molar-refractivity contribution is 6.27. The Morgan fingerprint density at radius 2 is 1.88 bits per heavy atom. The Balaban J connectivity index is 1.62. The molecule has 2 aromatic rings. The number of rotatable bonds is 8. The van der Waals surface area contributed by atoms with E-state index in [4.69, 9.17) is 25.8 Å². The van der Waals surface area contributed by atoms with Crippen LogP contribution in [0.1, 0.15) is 43.7 Å². The Hall–Kier alpha value is -2.93. The maximum Gasteiger partial charge on any atom is 0.247 e. The minimum absolute atomic E-state index is 0.100. The van der Waals surface area contributed by atoms with Gasteiger partial charge in [0.25, 0.3) is 0 Å².